The number of nitrogens with one attached hydrogen (secondary N) is 1. The Balaban J connectivity index is 1.58. The first-order chi connectivity index (χ1) is 16.3. The number of rotatable bonds is 5. The molecule has 5 aromatic rings. The Morgan fingerprint density at radius 2 is 1.71 bits per heavy atom. The monoisotopic (exact) mass is 471 g/mol. The second-order valence-corrected chi connectivity index (χ2v) is 9.55. The molecule has 0 bridgehead atoms. The van der Waals surface area contributed by atoms with Crippen LogP contribution >= 0.6 is 0 Å². The van der Waals surface area contributed by atoms with E-state index in [0.29, 0.717) is 45.2 Å². The third-order valence-electron chi connectivity index (χ3n) is 5.49. The van der Waals surface area contributed by atoms with Crippen molar-refractivity contribution in [3.8, 4) is 17.1 Å². The van der Waals surface area contributed by atoms with Crippen LogP contribution in [-0.4, -0.2) is 27.5 Å². The van der Waals surface area contributed by atoms with E-state index in [1.165, 1.54) is 10.2 Å². The fourth-order valence-electron chi connectivity index (χ4n) is 3.75. The molecule has 0 fully saturated rings. The second kappa shape index (κ2) is 8.20. The van der Waals surface area contributed by atoms with E-state index in [9.17, 15) is 13.5 Å². The standard InChI is InChI=1S/C25H21N5O3S/c1-16-23(26)25(29-24(27-16)17-7-5-8-18(31)15-17)28-21-11-6-12-22-20(21)13-14-30(22)34(32,33)19-9-3-2-4-10-19/h2-15,31H,26H2,1H3,(H,27,28,29). The molecule has 0 unspecified atom stereocenters. The lowest BCUT2D eigenvalue weighted by atomic mass is 10.2. The second-order valence-electron chi connectivity index (χ2n) is 7.74. The summed E-state index contributed by atoms with van der Waals surface area (Å²) in [5.41, 5.74) is 9.02. The SMILES string of the molecule is Cc1nc(-c2cccc(O)c2)nc(Nc2cccc3c2ccn3S(=O)(=O)c2ccccc2)c1N. The first-order valence-electron chi connectivity index (χ1n) is 10.5. The lowest BCUT2D eigenvalue weighted by molar-refractivity contribution is 0.475. The molecule has 0 aliphatic rings. The van der Waals surface area contributed by atoms with E-state index < -0.39 is 10.0 Å². The van der Waals surface area contributed by atoms with Crippen molar-refractivity contribution in [3.05, 3.63) is 90.8 Å². The van der Waals surface area contributed by atoms with E-state index in [1.807, 2.05) is 6.07 Å². The number of phenolic OH excluding ortho intramolecular Hbond substituents is 1. The molecule has 9 heteroatoms. The normalized spacial score (nSPS) is 11.6. The van der Waals surface area contributed by atoms with Crippen molar-refractivity contribution in [2.75, 3.05) is 11.1 Å². The van der Waals surface area contributed by atoms with Gasteiger partial charge < -0.3 is 16.2 Å². The molecule has 34 heavy (non-hydrogen) atoms. The molecule has 0 saturated heterocycles. The van der Waals surface area contributed by atoms with Gasteiger partial charge in [0.2, 0.25) is 0 Å². The Hall–Kier alpha value is -4.37. The van der Waals surface area contributed by atoms with Gasteiger partial charge in [0.05, 0.1) is 21.8 Å². The number of nitrogens with two attached hydrogens (primary N) is 1. The summed E-state index contributed by atoms with van der Waals surface area (Å²) in [4.78, 5) is 9.22. The first-order valence-corrected chi connectivity index (χ1v) is 11.9. The molecular formula is C25H21N5O3S. The molecule has 0 amide bonds. The van der Waals surface area contributed by atoms with Gasteiger partial charge in [0.1, 0.15) is 5.75 Å². The predicted octanol–water partition coefficient (Wildman–Crippen LogP) is 4.68. The van der Waals surface area contributed by atoms with Crippen LogP contribution < -0.4 is 11.1 Å². The summed E-state index contributed by atoms with van der Waals surface area (Å²) in [6.45, 7) is 1.78. The molecule has 5 rings (SSSR count). The third kappa shape index (κ3) is 3.71. The maximum Gasteiger partial charge on any atom is 0.268 e. The maximum absolute atomic E-state index is 13.2. The molecule has 8 nitrogen and oxygen atoms in total. The molecule has 0 saturated carbocycles. The van der Waals surface area contributed by atoms with Gasteiger partial charge in [-0.3, -0.25) is 0 Å². The molecule has 2 heterocycles. The summed E-state index contributed by atoms with van der Waals surface area (Å²) in [6, 6.07) is 22.0. The van der Waals surface area contributed by atoms with Crippen LogP contribution in [0.15, 0.2) is 90.0 Å². The van der Waals surface area contributed by atoms with Crippen LogP contribution in [0.1, 0.15) is 5.69 Å². The first kappa shape index (κ1) is 21.5. The lowest BCUT2D eigenvalue weighted by Crippen LogP contribution is -2.11. The third-order valence-corrected chi connectivity index (χ3v) is 7.19. The molecule has 3 aromatic carbocycles. The number of hydrogen-bond donors (Lipinski definition) is 3. The smallest absolute Gasteiger partial charge is 0.268 e. The number of nitrogens with zero attached hydrogens (tertiary/aromatic N) is 3. The van der Waals surface area contributed by atoms with Gasteiger partial charge in [-0.05, 0) is 49.4 Å². The van der Waals surface area contributed by atoms with E-state index in [4.69, 9.17) is 5.73 Å². The average Bonchev–Trinajstić information content (AvgIpc) is 3.28. The zero-order chi connectivity index (χ0) is 23.9. The number of nitrogen functional groups attached to an aromatic ring is 1. The molecule has 4 N–H and O–H groups in total. The van der Waals surface area contributed by atoms with Gasteiger partial charge in [-0.2, -0.15) is 0 Å². The largest absolute Gasteiger partial charge is 0.508 e. The number of anilines is 3. The Bertz CT molecular complexity index is 1630. The summed E-state index contributed by atoms with van der Waals surface area (Å²) >= 11 is 0. The average molecular weight is 472 g/mol. The van der Waals surface area contributed by atoms with E-state index in [2.05, 4.69) is 15.3 Å². The van der Waals surface area contributed by atoms with E-state index in [0.717, 1.165) is 0 Å². The van der Waals surface area contributed by atoms with Crippen molar-refractivity contribution >= 4 is 38.1 Å². The molecular weight excluding hydrogens is 450 g/mol. The number of aromatic nitrogens is 3. The van der Waals surface area contributed by atoms with Crippen molar-refractivity contribution in [2.24, 2.45) is 0 Å². The number of phenols is 1. The summed E-state index contributed by atoms with van der Waals surface area (Å²) < 4.78 is 27.6. The van der Waals surface area contributed by atoms with E-state index in [1.54, 1.807) is 79.7 Å². The Labute approximate surface area is 196 Å². The van der Waals surface area contributed by atoms with Crippen LogP contribution in [0.3, 0.4) is 0 Å². The lowest BCUT2D eigenvalue weighted by Gasteiger charge is -2.14. The summed E-state index contributed by atoms with van der Waals surface area (Å²) in [7, 11) is -3.76. The molecule has 170 valence electrons. The van der Waals surface area contributed by atoms with Gasteiger partial charge in [0, 0.05) is 22.8 Å². The Morgan fingerprint density at radius 3 is 2.47 bits per heavy atom. The highest BCUT2D eigenvalue weighted by atomic mass is 32.2. The van der Waals surface area contributed by atoms with E-state index in [-0.39, 0.29) is 10.6 Å². The van der Waals surface area contributed by atoms with Crippen LogP contribution in [0.4, 0.5) is 17.2 Å². The topological polar surface area (TPSA) is 123 Å². The van der Waals surface area contributed by atoms with Crippen molar-refractivity contribution in [2.45, 2.75) is 11.8 Å². The number of fused-ring (bicyclic) bond motifs is 1. The van der Waals surface area contributed by atoms with Crippen molar-refractivity contribution in [1.82, 2.24) is 13.9 Å². The van der Waals surface area contributed by atoms with Gasteiger partial charge >= 0.3 is 0 Å². The van der Waals surface area contributed by atoms with Crippen LogP contribution in [0.5, 0.6) is 5.75 Å². The number of benzene rings is 3. The van der Waals surface area contributed by atoms with Gasteiger partial charge in [-0.1, -0.05) is 36.4 Å². The van der Waals surface area contributed by atoms with Gasteiger partial charge in [-0.25, -0.2) is 22.4 Å². The number of hydrogen-bond acceptors (Lipinski definition) is 7. The van der Waals surface area contributed by atoms with Gasteiger partial charge in [0.25, 0.3) is 10.0 Å². The fraction of sp³-hybridized carbons (Fsp3) is 0.0400. The molecule has 2 aromatic heterocycles. The highest BCUT2D eigenvalue weighted by molar-refractivity contribution is 7.90. The van der Waals surface area contributed by atoms with Crippen molar-refractivity contribution in [1.29, 1.82) is 0 Å². The highest BCUT2D eigenvalue weighted by Crippen LogP contribution is 2.32. The quantitative estimate of drug-likeness (QED) is 0.340. The summed E-state index contributed by atoms with van der Waals surface area (Å²) in [5, 5.41) is 13.8. The Kier molecular flexibility index (Phi) is 5.18. The van der Waals surface area contributed by atoms with Gasteiger partial charge in [-0.15, -0.1) is 0 Å². The van der Waals surface area contributed by atoms with Crippen molar-refractivity contribution < 1.29 is 13.5 Å². The zero-order valence-corrected chi connectivity index (χ0v) is 19.0. The number of aryl methyl sites for hydroxylation is 1. The van der Waals surface area contributed by atoms with Crippen LogP contribution in [0.2, 0.25) is 0 Å². The van der Waals surface area contributed by atoms with E-state index >= 15 is 0 Å². The van der Waals surface area contributed by atoms with Crippen LogP contribution in [0, 0.1) is 6.92 Å². The molecule has 0 aliphatic carbocycles. The maximum atomic E-state index is 13.2. The minimum Gasteiger partial charge on any atom is -0.508 e. The summed E-state index contributed by atoms with van der Waals surface area (Å²) in [5.74, 6) is 0.898. The fourth-order valence-corrected chi connectivity index (χ4v) is 5.11. The molecule has 0 spiro atoms. The van der Waals surface area contributed by atoms with Crippen molar-refractivity contribution in [3.63, 3.8) is 0 Å². The zero-order valence-electron chi connectivity index (χ0n) is 18.2. The molecule has 0 atom stereocenters. The molecule has 0 radical (unpaired) electrons. The number of aromatic hydroxyl groups is 1. The van der Waals surface area contributed by atoms with Crippen LogP contribution in [0.25, 0.3) is 22.3 Å². The highest BCUT2D eigenvalue weighted by Gasteiger charge is 2.20. The summed E-state index contributed by atoms with van der Waals surface area (Å²) in [6.07, 6.45) is 1.53. The Morgan fingerprint density at radius 1 is 0.941 bits per heavy atom. The van der Waals surface area contributed by atoms with Gasteiger partial charge in [0.15, 0.2) is 11.6 Å². The minimum absolute atomic E-state index is 0.107. The minimum atomic E-state index is -3.76. The van der Waals surface area contributed by atoms with Crippen LogP contribution in [-0.2, 0) is 10.0 Å². The molecule has 0 aliphatic heterocycles. The predicted molar refractivity (Wildman–Crippen MR) is 133 cm³/mol.